The zero-order valence-electron chi connectivity index (χ0n) is 13.0. The minimum atomic E-state index is -0.300. The van der Waals surface area contributed by atoms with Crippen LogP contribution < -0.4 is 4.74 Å². The molecule has 1 amide bonds. The number of fused-ring (bicyclic) bond motifs is 1. The number of morpholine rings is 1. The summed E-state index contributed by atoms with van der Waals surface area (Å²) in [7, 11) is 0. The second-order valence-electron chi connectivity index (χ2n) is 6.68. The van der Waals surface area contributed by atoms with E-state index in [1.165, 1.54) is 0 Å². The van der Waals surface area contributed by atoms with E-state index in [-0.39, 0.29) is 36.2 Å². The average molecular weight is 318 g/mol. The molecule has 3 aliphatic rings. The average Bonchev–Trinajstić information content (AvgIpc) is 2.95. The molecular formula is C17H22N2O4. The van der Waals surface area contributed by atoms with Gasteiger partial charge in [0.15, 0.2) is 0 Å². The van der Waals surface area contributed by atoms with Crippen LogP contribution in [0, 0.1) is 5.92 Å². The first-order chi connectivity index (χ1) is 11.2. The number of hydrogen-bond acceptors (Lipinski definition) is 5. The van der Waals surface area contributed by atoms with E-state index >= 15 is 0 Å². The van der Waals surface area contributed by atoms with Gasteiger partial charge < -0.3 is 19.5 Å². The number of aliphatic hydroxyl groups excluding tert-OH is 1. The Morgan fingerprint density at radius 2 is 2.26 bits per heavy atom. The number of rotatable bonds is 3. The lowest BCUT2D eigenvalue weighted by molar-refractivity contribution is -0.158. The van der Waals surface area contributed by atoms with Crippen LogP contribution in [-0.2, 0) is 9.53 Å². The lowest BCUT2D eigenvalue weighted by atomic mass is 9.81. The van der Waals surface area contributed by atoms with Crippen LogP contribution in [0.25, 0.3) is 0 Å². The van der Waals surface area contributed by atoms with Crippen LogP contribution in [0.4, 0.5) is 0 Å². The third-order valence-electron chi connectivity index (χ3n) is 5.20. The predicted molar refractivity (Wildman–Crippen MR) is 81.9 cm³/mol. The predicted octanol–water partition coefficient (Wildman–Crippen LogP) is 0.990. The first kappa shape index (κ1) is 14.9. The molecule has 6 nitrogen and oxygen atoms in total. The Labute approximate surface area is 135 Å². The molecule has 0 bridgehead atoms. The fraction of sp³-hybridized carbons (Fsp3) is 0.647. The van der Waals surface area contributed by atoms with Crippen LogP contribution in [0.5, 0.6) is 5.75 Å². The Balaban J connectivity index is 1.43. The Morgan fingerprint density at radius 1 is 1.39 bits per heavy atom. The molecule has 124 valence electrons. The van der Waals surface area contributed by atoms with Gasteiger partial charge in [-0.1, -0.05) is 0 Å². The summed E-state index contributed by atoms with van der Waals surface area (Å²) < 4.78 is 12.0. The van der Waals surface area contributed by atoms with Gasteiger partial charge >= 0.3 is 0 Å². The Hall–Kier alpha value is -1.66. The quantitative estimate of drug-likeness (QED) is 0.900. The van der Waals surface area contributed by atoms with Crippen molar-refractivity contribution in [1.82, 2.24) is 9.88 Å². The molecule has 3 atom stereocenters. The molecule has 2 aliphatic carbocycles. The highest BCUT2D eigenvalue weighted by molar-refractivity contribution is 5.80. The number of aliphatic hydroxyl groups is 1. The van der Waals surface area contributed by atoms with Gasteiger partial charge in [0, 0.05) is 18.7 Å². The van der Waals surface area contributed by atoms with Crippen LogP contribution >= 0.6 is 0 Å². The zero-order chi connectivity index (χ0) is 15.8. The van der Waals surface area contributed by atoms with Crippen molar-refractivity contribution >= 4 is 5.91 Å². The van der Waals surface area contributed by atoms with E-state index in [4.69, 9.17) is 9.47 Å². The topological polar surface area (TPSA) is 71.9 Å². The van der Waals surface area contributed by atoms with Crippen LogP contribution in [0.2, 0.25) is 0 Å². The number of hydrogen-bond donors (Lipinski definition) is 1. The molecule has 4 rings (SSSR count). The molecule has 0 radical (unpaired) electrons. The molecule has 2 saturated carbocycles. The van der Waals surface area contributed by atoms with Crippen molar-refractivity contribution < 1.29 is 19.4 Å². The molecule has 6 heteroatoms. The van der Waals surface area contributed by atoms with Crippen LogP contribution in [0.3, 0.4) is 0 Å². The second kappa shape index (κ2) is 6.09. The Bertz CT molecular complexity index is 561. The first-order valence-electron chi connectivity index (χ1n) is 8.39. The van der Waals surface area contributed by atoms with Gasteiger partial charge in [-0.05, 0) is 37.8 Å². The highest BCUT2D eigenvalue weighted by Gasteiger charge is 2.48. The summed E-state index contributed by atoms with van der Waals surface area (Å²) in [5.74, 6) is 0.907. The molecule has 0 unspecified atom stereocenters. The number of nitrogens with zero attached hydrogens (tertiary/aromatic N) is 2. The number of pyridine rings is 1. The van der Waals surface area contributed by atoms with Crippen LogP contribution in [-0.4, -0.2) is 58.4 Å². The third-order valence-corrected chi connectivity index (χ3v) is 5.20. The number of aromatic nitrogens is 1. The van der Waals surface area contributed by atoms with Gasteiger partial charge in [0.05, 0.1) is 24.9 Å². The number of ether oxygens (including phenoxy) is 2. The van der Waals surface area contributed by atoms with E-state index < -0.39 is 0 Å². The van der Waals surface area contributed by atoms with E-state index in [1.54, 1.807) is 12.4 Å². The van der Waals surface area contributed by atoms with Crippen molar-refractivity contribution in [3.63, 3.8) is 0 Å². The Morgan fingerprint density at radius 3 is 3.00 bits per heavy atom. The molecule has 1 aromatic rings. The lowest BCUT2D eigenvalue weighted by Gasteiger charge is -2.42. The van der Waals surface area contributed by atoms with Crippen molar-refractivity contribution in [2.45, 2.75) is 50.0 Å². The van der Waals surface area contributed by atoms with Gasteiger partial charge in [-0.15, -0.1) is 0 Å². The SMILES string of the molecule is O=C(C1CC(O)C1)N1CCO[C@H]2[C@H](Oc3cccnc3)CC[C@@H]21. The smallest absolute Gasteiger partial charge is 0.226 e. The highest BCUT2D eigenvalue weighted by atomic mass is 16.5. The largest absolute Gasteiger partial charge is 0.486 e. The molecule has 1 saturated heterocycles. The minimum Gasteiger partial charge on any atom is -0.486 e. The van der Waals surface area contributed by atoms with Gasteiger partial charge in [0.2, 0.25) is 5.91 Å². The first-order valence-corrected chi connectivity index (χ1v) is 8.39. The summed E-state index contributed by atoms with van der Waals surface area (Å²) in [6, 6.07) is 3.83. The summed E-state index contributed by atoms with van der Waals surface area (Å²) in [4.78, 5) is 18.7. The molecule has 2 heterocycles. The summed E-state index contributed by atoms with van der Waals surface area (Å²) in [5, 5.41) is 9.44. The van der Waals surface area contributed by atoms with Gasteiger partial charge in [0.25, 0.3) is 0 Å². The summed E-state index contributed by atoms with van der Waals surface area (Å²) in [5.41, 5.74) is 0. The molecule has 0 spiro atoms. The molecule has 1 N–H and O–H groups in total. The van der Waals surface area contributed by atoms with Crippen molar-refractivity contribution in [3.05, 3.63) is 24.5 Å². The van der Waals surface area contributed by atoms with Gasteiger partial charge in [-0.2, -0.15) is 0 Å². The second-order valence-corrected chi connectivity index (χ2v) is 6.68. The van der Waals surface area contributed by atoms with E-state index in [0.717, 1.165) is 18.6 Å². The normalized spacial score (nSPS) is 36.2. The fourth-order valence-electron chi connectivity index (χ4n) is 3.93. The standard InChI is InChI=1S/C17H22N2O4/c20-12-8-11(9-12)17(21)19-6-7-22-16-14(19)3-4-15(16)23-13-2-1-5-18-10-13/h1-2,5,10-12,14-16,20H,3-4,6-9H2/t11?,12?,14-,15+,16+/m0/s1. The molecule has 23 heavy (non-hydrogen) atoms. The fourth-order valence-corrected chi connectivity index (χ4v) is 3.93. The molecule has 0 aromatic carbocycles. The Kier molecular flexibility index (Phi) is 3.95. The van der Waals surface area contributed by atoms with E-state index in [9.17, 15) is 9.90 Å². The maximum absolute atomic E-state index is 12.6. The molecule has 1 aliphatic heterocycles. The molecule has 3 fully saturated rings. The van der Waals surface area contributed by atoms with E-state index in [1.807, 2.05) is 17.0 Å². The van der Waals surface area contributed by atoms with Crippen molar-refractivity contribution in [1.29, 1.82) is 0 Å². The molecule has 1 aromatic heterocycles. The van der Waals surface area contributed by atoms with E-state index in [0.29, 0.717) is 26.0 Å². The van der Waals surface area contributed by atoms with Gasteiger partial charge in [0.1, 0.15) is 18.0 Å². The number of carbonyl (C=O) groups excluding carboxylic acids is 1. The zero-order valence-corrected chi connectivity index (χ0v) is 13.0. The van der Waals surface area contributed by atoms with E-state index in [2.05, 4.69) is 4.98 Å². The van der Waals surface area contributed by atoms with Crippen LogP contribution in [0.1, 0.15) is 25.7 Å². The number of carbonyl (C=O) groups is 1. The summed E-state index contributed by atoms with van der Waals surface area (Å²) in [6.45, 7) is 1.20. The molecular weight excluding hydrogens is 296 g/mol. The highest BCUT2D eigenvalue weighted by Crippen LogP contribution is 2.36. The lowest BCUT2D eigenvalue weighted by Crippen LogP contribution is -2.57. The maximum Gasteiger partial charge on any atom is 0.226 e. The van der Waals surface area contributed by atoms with Crippen molar-refractivity contribution in [3.8, 4) is 5.75 Å². The van der Waals surface area contributed by atoms with Gasteiger partial charge in [-0.3, -0.25) is 9.78 Å². The maximum atomic E-state index is 12.6. The third kappa shape index (κ3) is 2.81. The summed E-state index contributed by atoms with van der Waals surface area (Å²) in [6.07, 6.45) is 5.99. The van der Waals surface area contributed by atoms with Crippen molar-refractivity contribution in [2.75, 3.05) is 13.2 Å². The van der Waals surface area contributed by atoms with Crippen LogP contribution in [0.15, 0.2) is 24.5 Å². The van der Waals surface area contributed by atoms with Gasteiger partial charge in [-0.25, -0.2) is 0 Å². The summed E-state index contributed by atoms with van der Waals surface area (Å²) >= 11 is 0. The minimum absolute atomic E-state index is 0.0120. The van der Waals surface area contributed by atoms with Crippen molar-refractivity contribution in [2.24, 2.45) is 5.92 Å². The monoisotopic (exact) mass is 318 g/mol. The number of amides is 1.